The summed E-state index contributed by atoms with van der Waals surface area (Å²) in [5.41, 5.74) is 0. The van der Waals surface area contributed by atoms with Crippen molar-refractivity contribution in [1.82, 2.24) is 0 Å². The second-order valence-corrected chi connectivity index (χ2v) is 4.15. The molecule has 1 aliphatic rings. The normalized spacial score (nSPS) is 25.6. The fourth-order valence-electron chi connectivity index (χ4n) is 0.939. The lowest BCUT2D eigenvalue weighted by Gasteiger charge is -2.17. The topological polar surface area (TPSA) is 26.3 Å². The standard InChI is InChI=1S/C9H14O2S/c1-7(2)3-4-8-5-9(10)12-6-11-8/h3-4,7-8H,5-6H2,1-2H3/b4-3+. The lowest BCUT2D eigenvalue weighted by molar-refractivity contribution is -0.113. The minimum absolute atomic E-state index is 0.0150. The van der Waals surface area contributed by atoms with Gasteiger partial charge in [-0.2, -0.15) is 0 Å². The first-order valence-electron chi connectivity index (χ1n) is 4.14. The van der Waals surface area contributed by atoms with E-state index in [1.807, 2.05) is 6.08 Å². The van der Waals surface area contributed by atoms with Gasteiger partial charge in [0.05, 0.1) is 6.10 Å². The maximum atomic E-state index is 11.0. The van der Waals surface area contributed by atoms with Crippen LogP contribution in [0.4, 0.5) is 0 Å². The molecule has 0 spiro atoms. The maximum absolute atomic E-state index is 11.0. The molecule has 12 heavy (non-hydrogen) atoms. The maximum Gasteiger partial charge on any atom is 0.194 e. The largest absolute Gasteiger partial charge is 0.363 e. The fraction of sp³-hybridized carbons (Fsp3) is 0.667. The Bertz CT molecular complexity index is 187. The van der Waals surface area contributed by atoms with Crippen molar-refractivity contribution in [1.29, 1.82) is 0 Å². The van der Waals surface area contributed by atoms with Crippen LogP contribution in [0.5, 0.6) is 0 Å². The van der Waals surface area contributed by atoms with E-state index in [-0.39, 0.29) is 11.2 Å². The molecule has 1 unspecified atom stereocenters. The molecule has 1 saturated heterocycles. The molecule has 0 radical (unpaired) electrons. The molecule has 0 N–H and O–H groups in total. The lowest BCUT2D eigenvalue weighted by Crippen LogP contribution is -2.19. The molecule has 0 bridgehead atoms. The summed E-state index contributed by atoms with van der Waals surface area (Å²) in [6.45, 7) is 4.21. The Balaban J connectivity index is 2.36. The number of hydrogen-bond donors (Lipinski definition) is 0. The van der Waals surface area contributed by atoms with Gasteiger partial charge in [0.2, 0.25) is 0 Å². The average Bonchev–Trinajstić information content (AvgIpc) is 2.01. The van der Waals surface area contributed by atoms with E-state index in [0.717, 1.165) is 0 Å². The van der Waals surface area contributed by atoms with Crippen LogP contribution in [-0.4, -0.2) is 17.2 Å². The van der Waals surface area contributed by atoms with Crippen LogP contribution in [0.15, 0.2) is 12.2 Å². The molecule has 2 nitrogen and oxygen atoms in total. The molecular weight excluding hydrogens is 172 g/mol. The number of thioether (sulfide) groups is 1. The summed E-state index contributed by atoms with van der Waals surface area (Å²) < 4.78 is 5.35. The number of rotatable bonds is 2. The van der Waals surface area contributed by atoms with E-state index in [2.05, 4.69) is 19.9 Å². The van der Waals surface area contributed by atoms with Crippen molar-refractivity contribution >= 4 is 16.9 Å². The third-order valence-electron chi connectivity index (χ3n) is 1.58. The number of carbonyl (C=O) groups excluding carboxylic acids is 1. The van der Waals surface area contributed by atoms with Crippen molar-refractivity contribution in [3.8, 4) is 0 Å². The second-order valence-electron chi connectivity index (χ2n) is 3.17. The van der Waals surface area contributed by atoms with Crippen molar-refractivity contribution in [3.05, 3.63) is 12.2 Å². The number of hydrogen-bond acceptors (Lipinski definition) is 3. The Hall–Kier alpha value is -0.280. The van der Waals surface area contributed by atoms with E-state index in [1.165, 1.54) is 11.8 Å². The molecule has 0 aromatic heterocycles. The lowest BCUT2D eigenvalue weighted by atomic mass is 10.1. The minimum Gasteiger partial charge on any atom is -0.363 e. The highest BCUT2D eigenvalue weighted by molar-refractivity contribution is 8.13. The first-order chi connectivity index (χ1) is 5.68. The van der Waals surface area contributed by atoms with Crippen molar-refractivity contribution in [3.63, 3.8) is 0 Å². The third kappa shape index (κ3) is 3.41. The predicted molar refractivity (Wildman–Crippen MR) is 50.9 cm³/mol. The zero-order valence-corrected chi connectivity index (χ0v) is 8.26. The van der Waals surface area contributed by atoms with Gasteiger partial charge in [0.15, 0.2) is 5.12 Å². The summed E-state index contributed by atoms with van der Waals surface area (Å²) in [6, 6.07) is 0. The van der Waals surface area contributed by atoms with Crippen LogP contribution in [0.2, 0.25) is 0 Å². The van der Waals surface area contributed by atoms with E-state index in [4.69, 9.17) is 4.74 Å². The quantitative estimate of drug-likeness (QED) is 0.618. The van der Waals surface area contributed by atoms with Gasteiger partial charge in [0.25, 0.3) is 0 Å². The van der Waals surface area contributed by atoms with Gasteiger partial charge < -0.3 is 4.74 Å². The van der Waals surface area contributed by atoms with Crippen LogP contribution in [-0.2, 0) is 9.53 Å². The monoisotopic (exact) mass is 186 g/mol. The second kappa shape index (κ2) is 4.67. The van der Waals surface area contributed by atoms with E-state index < -0.39 is 0 Å². The summed E-state index contributed by atoms with van der Waals surface area (Å²) in [5.74, 6) is 1.03. The van der Waals surface area contributed by atoms with Crippen molar-refractivity contribution in [2.45, 2.75) is 26.4 Å². The number of allylic oxidation sites excluding steroid dienone is 1. The minimum atomic E-state index is 0.0150. The van der Waals surface area contributed by atoms with Gasteiger partial charge in [-0.1, -0.05) is 37.8 Å². The molecule has 3 heteroatoms. The summed E-state index contributed by atoms with van der Waals surface area (Å²) in [4.78, 5) is 11.0. The molecule has 68 valence electrons. The van der Waals surface area contributed by atoms with E-state index in [0.29, 0.717) is 18.3 Å². The first kappa shape index (κ1) is 9.81. The summed E-state index contributed by atoms with van der Waals surface area (Å²) >= 11 is 1.26. The average molecular weight is 186 g/mol. The van der Waals surface area contributed by atoms with Gasteiger partial charge in [0, 0.05) is 6.42 Å². The van der Waals surface area contributed by atoms with Crippen molar-refractivity contribution < 1.29 is 9.53 Å². The highest BCUT2D eigenvalue weighted by Crippen LogP contribution is 2.19. The SMILES string of the molecule is CC(C)/C=C/C1CC(=O)SCO1. The zero-order valence-electron chi connectivity index (χ0n) is 7.45. The Kier molecular flexibility index (Phi) is 3.82. The molecule has 1 atom stereocenters. The highest BCUT2D eigenvalue weighted by atomic mass is 32.2. The van der Waals surface area contributed by atoms with Crippen LogP contribution in [0.1, 0.15) is 20.3 Å². The van der Waals surface area contributed by atoms with Crippen molar-refractivity contribution in [2.24, 2.45) is 5.92 Å². The molecule has 0 aliphatic carbocycles. The molecule has 0 aromatic carbocycles. The van der Waals surface area contributed by atoms with Crippen LogP contribution in [0.25, 0.3) is 0 Å². The Morgan fingerprint density at radius 1 is 1.67 bits per heavy atom. The van der Waals surface area contributed by atoms with Gasteiger partial charge in [-0.15, -0.1) is 0 Å². The zero-order chi connectivity index (χ0) is 8.97. The van der Waals surface area contributed by atoms with Gasteiger partial charge in [-0.25, -0.2) is 0 Å². The van der Waals surface area contributed by atoms with Gasteiger partial charge >= 0.3 is 0 Å². The predicted octanol–water partition coefficient (Wildman–Crippen LogP) is 2.20. The Morgan fingerprint density at radius 3 is 3.00 bits per heavy atom. The van der Waals surface area contributed by atoms with Crippen LogP contribution in [0, 0.1) is 5.92 Å². The van der Waals surface area contributed by atoms with Crippen LogP contribution >= 0.6 is 11.8 Å². The molecule has 1 fully saturated rings. The summed E-state index contributed by atoms with van der Waals surface area (Å²) in [7, 11) is 0. The van der Waals surface area contributed by atoms with Gasteiger partial charge in [0.1, 0.15) is 5.94 Å². The highest BCUT2D eigenvalue weighted by Gasteiger charge is 2.17. The van der Waals surface area contributed by atoms with Crippen LogP contribution < -0.4 is 0 Å². The molecule has 0 saturated carbocycles. The molecule has 1 aliphatic heterocycles. The van der Waals surface area contributed by atoms with Crippen LogP contribution in [0.3, 0.4) is 0 Å². The van der Waals surface area contributed by atoms with E-state index >= 15 is 0 Å². The molecule has 0 aromatic rings. The first-order valence-corrected chi connectivity index (χ1v) is 5.12. The molecular formula is C9H14O2S. The Morgan fingerprint density at radius 2 is 2.42 bits per heavy atom. The van der Waals surface area contributed by atoms with Gasteiger partial charge in [-0.05, 0) is 5.92 Å². The summed E-state index contributed by atoms with van der Waals surface area (Å²) in [5, 5.41) is 0.236. The molecule has 1 rings (SSSR count). The fourth-order valence-corrected chi connectivity index (χ4v) is 1.60. The van der Waals surface area contributed by atoms with Gasteiger partial charge in [-0.3, -0.25) is 4.79 Å². The van der Waals surface area contributed by atoms with Crippen molar-refractivity contribution in [2.75, 3.05) is 5.94 Å². The number of ether oxygens (including phenoxy) is 1. The smallest absolute Gasteiger partial charge is 0.194 e. The summed E-state index contributed by atoms with van der Waals surface area (Å²) in [6.07, 6.45) is 4.60. The number of carbonyl (C=O) groups is 1. The van der Waals surface area contributed by atoms with E-state index in [9.17, 15) is 4.79 Å². The Labute approximate surface area is 77.4 Å². The molecule has 1 heterocycles. The van der Waals surface area contributed by atoms with E-state index in [1.54, 1.807) is 0 Å². The molecule has 0 amide bonds. The third-order valence-corrected chi connectivity index (χ3v) is 2.32.